The Hall–Kier alpha value is -4.50. The van der Waals surface area contributed by atoms with Crippen molar-refractivity contribution in [3.63, 3.8) is 0 Å². The molecule has 210 valence electrons. The average Bonchev–Trinajstić information content (AvgIpc) is 3.44. The van der Waals surface area contributed by atoms with E-state index >= 15 is 0 Å². The number of carboxylic acids is 1. The highest BCUT2D eigenvalue weighted by atomic mass is 32.1. The van der Waals surface area contributed by atoms with Gasteiger partial charge in [0.25, 0.3) is 0 Å². The van der Waals surface area contributed by atoms with Crippen molar-refractivity contribution >= 4 is 40.6 Å². The number of carboxylic acid groups (broad SMARTS) is 1. The zero-order valence-electron chi connectivity index (χ0n) is 23.7. The lowest BCUT2D eigenvalue weighted by atomic mass is 9.96. The van der Waals surface area contributed by atoms with Crippen molar-refractivity contribution < 1.29 is 14.7 Å². The molecule has 9 heteroatoms. The van der Waals surface area contributed by atoms with Gasteiger partial charge in [-0.05, 0) is 105 Å². The standard InChI is InChI=1S/C32H33N5O3S/c1-18(2)30(38)34-26-14-13-24(16-19(26)3)37-29(28(35-32(37)41)27-8-6-7-15-33-27)25-17-20(4)36(21(25)5)23-11-9-22(10-12-23)31(39)40/h6-18,28-29H,1-5H3,(H,34,38)(H,35,41)(H,39,40)/t28-,29+/m0/s1. The molecule has 4 aromatic rings. The number of carbonyl (C=O) groups excluding carboxylic acids is 1. The molecule has 8 nitrogen and oxygen atoms in total. The second-order valence-electron chi connectivity index (χ2n) is 10.7. The predicted molar refractivity (Wildman–Crippen MR) is 165 cm³/mol. The van der Waals surface area contributed by atoms with Crippen LogP contribution in [0.15, 0.2) is 72.9 Å². The van der Waals surface area contributed by atoms with E-state index in [1.807, 2.05) is 76.2 Å². The van der Waals surface area contributed by atoms with Gasteiger partial charge in [0.2, 0.25) is 5.91 Å². The Labute approximate surface area is 245 Å². The third kappa shape index (κ3) is 5.32. The van der Waals surface area contributed by atoms with Crippen LogP contribution in [-0.2, 0) is 4.79 Å². The fourth-order valence-electron chi connectivity index (χ4n) is 5.40. The van der Waals surface area contributed by atoms with Gasteiger partial charge in [0.1, 0.15) is 0 Å². The maximum atomic E-state index is 12.3. The summed E-state index contributed by atoms with van der Waals surface area (Å²) < 4.78 is 2.13. The summed E-state index contributed by atoms with van der Waals surface area (Å²) in [6, 6.07) is 20.4. The van der Waals surface area contributed by atoms with Crippen molar-refractivity contribution in [2.45, 2.75) is 46.7 Å². The molecule has 0 unspecified atom stereocenters. The van der Waals surface area contributed by atoms with Gasteiger partial charge in [-0.2, -0.15) is 0 Å². The molecule has 1 fully saturated rings. The van der Waals surface area contributed by atoms with Crippen molar-refractivity contribution in [3.8, 4) is 5.69 Å². The summed E-state index contributed by atoms with van der Waals surface area (Å²) in [6.45, 7) is 9.82. The SMILES string of the molecule is Cc1cc(N2C(=S)N[C@@H](c3ccccn3)[C@H]2c2cc(C)n(-c3ccc(C(=O)O)cc3)c2C)ccc1NC(=O)C(C)C. The first kappa shape index (κ1) is 28.0. The number of thiocarbonyl (C=S) groups is 1. The van der Waals surface area contributed by atoms with E-state index in [1.165, 1.54) is 0 Å². The van der Waals surface area contributed by atoms with E-state index in [1.54, 1.807) is 18.3 Å². The van der Waals surface area contributed by atoms with Crippen LogP contribution in [0, 0.1) is 26.7 Å². The highest BCUT2D eigenvalue weighted by Gasteiger charge is 2.42. The molecule has 1 saturated heterocycles. The van der Waals surface area contributed by atoms with Crippen LogP contribution < -0.4 is 15.5 Å². The smallest absolute Gasteiger partial charge is 0.335 e. The molecule has 0 spiro atoms. The van der Waals surface area contributed by atoms with Crippen molar-refractivity contribution in [3.05, 3.63) is 107 Å². The number of carbonyl (C=O) groups is 2. The Morgan fingerprint density at radius 2 is 1.71 bits per heavy atom. The van der Waals surface area contributed by atoms with E-state index in [0.29, 0.717) is 5.11 Å². The number of rotatable bonds is 7. The number of nitrogens with one attached hydrogen (secondary N) is 2. The molecule has 5 rings (SSSR count). The van der Waals surface area contributed by atoms with Gasteiger partial charge in [-0.3, -0.25) is 9.78 Å². The summed E-state index contributed by atoms with van der Waals surface area (Å²) in [7, 11) is 0. The first-order chi connectivity index (χ1) is 19.6. The van der Waals surface area contributed by atoms with Crippen LogP contribution in [0.1, 0.15) is 64.5 Å². The topological polar surface area (TPSA) is 99.5 Å². The van der Waals surface area contributed by atoms with E-state index < -0.39 is 5.97 Å². The van der Waals surface area contributed by atoms with E-state index in [0.717, 1.165) is 45.3 Å². The molecule has 2 atom stereocenters. The second kappa shape index (κ2) is 11.2. The molecular weight excluding hydrogens is 534 g/mol. The number of aryl methyl sites for hydroxylation is 2. The number of nitrogens with zero attached hydrogens (tertiary/aromatic N) is 3. The number of aromatic nitrogens is 2. The van der Waals surface area contributed by atoms with Crippen LogP contribution in [0.4, 0.5) is 11.4 Å². The lowest BCUT2D eigenvalue weighted by molar-refractivity contribution is -0.118. The second-order valence-corrected chi connectivity index (χ2v) is 11.0. The zero-order chi connectivity index (χ0) is 29.4. The number of benzene rings is 2. The predicted octanol–water partition coefficient (Wildman–Crippen LogP) is 6.27. The molecule has 3 heterocycles. The van der Waals surface area contributed by atoms with Crippen LogP contribution in [0.3, 0.4) is 0 Å². The zero-order valence-corrected chi connectivity index (χ0v) is 24.5. The van der Waals surface area contributed by atoms with Gasteiger partial charge in [0.15, 0.2) is 5.11 Å². The van der Waals surface area contributed by atoms with Crippen LogP contribution in [-0.4, -0.2) is 31.6 Å². The summed E-state index contributed by atoms with van der Waals surface area (Å²) in [5.41, 5.74) is 7.71. The minimum atomic E-state index is -0.956. The molecule has 0 saturated carbocycles. The highest BCUT2D eigenvalue weighted by molar-refractivity contribution is 7.80. The van der Waals surface area contributed by atoms with Crippen molar-refractivity contribution in [2.24, 2.45) is 5.92 Å². The van der Waals surface area contributed by atoms with Crippen LogP contribution >= 0.6 is 12.2 Å². The Bertz CT molecular complexity index is 1630. The molecule has 0 aliphatic carbocycles. The Morgan fingerprint density at radius 1 is 1.00 bits per heavy atom. The number of pyridine rings is 1. The van der Waals surface area contributed by atoms with E-state index in [4.69, 9.17) is 12.2 Å². The fraction of sp³-hybridized carbons (Fsp3) is 0.250. The first-order valence-electron chi connectivity index (χ1n) is 13.5. The van der Waals surface area contributed by atoms with Crippen LogP contribution in [0.25, 0.3) is 5.69 Å². The van der Waals surface area contributed by atoms with Gasteiger partial charge in [-0.15, -0.1) is 0 Å². The normalized spacial score (nSPS) is 16.6. The van der Waals surface area contributed by atoms with Gasteiger partial charge in [-0.25, -0.2) is 4.79 Å². The molecule has 1 amide bonds. The highest BCUT2D eigenvalue weighted by Crippen LogP contribution is 2.44. The molecule has 1 aliphatic heterocycles. The van der Waals surface area contributed by atoms with Gasteiger partial charge in [-0.1, -0.05) is 19.9 Å². The Morgan fingerprint density at radius 3 is 2.32 bits per heavy atom. The van der Waals surface area contributed by atoms with Gasteiger partial charge in [0.05, 0.1) is 23.3 Å². The maximum Gasteiger partial charge on any atom is 0.335 e. The van der Waals surface area contributed by atoms with Gasteiger partial charge in [0, 0.05) is 40.6 Å². The van der Waals surface area contributed by atoms with E-state index in [-0.39, 0.29) is 29.5 Å². The quantitative estimate of drug-likeness (QED) is 0.227. The minimum absolute atomic E-state index is 0.0314. The summed E-state index contributed by atoms with van der Waals surface area (Å²) in [6.07, 6.45) is 1.78. The van der Waals surface area contributed by atoms with E-state index in [9.17, 15) is 14.7 Å². The molecule has 0 bridgehead atoms. The Balaban J connectivity index is 1.60. The van der Waals surface area contributed by atoms with Gasteiger partial charge < -0.3 is 25.2 Å². The third-order valence-electron chi connectivity index (χ3n) is 7.53. The summed E-state index contributed by atoms with van der Waals surface area (Å²) in [5, 5.41) is 16.5. The summed E-state index contributed by atoms with van der Waals surface area (Å²) in [4.78, 5) is 30.5. The summed E-state index contributed by atoms with van der Waals surface area (Å²) >= 11 is 5.93. The lowest BCUT2D eigenvalue weighted by Gasteiger charge is -2.29. The molecule has 2 aromatic carbocycles. The minimum Gasteiger partial charge on any atom is -0.478 e. The number of aromatic carboxylic acids is 1. The molecule has 41 heavy (non-hydrogen) atoms. The molecular formula is C32H33N5O3S. The van der Waals surface area contributed by atoms with Crippen LogP contribution in [0.5, 0.6) is 0 Å². The molecule has 2 aromatic heterocycles. The Kier molecular flexibility index (Phi) is 7.64. The van der Waals surface area contributed by atoms with Crippen molar-refractivity contribution in [2.75, 3.05) is 10.2 Å². The average molecular weight is 568 g/mol. The monoisotopic (exact) mass is 567 g/mol. The lowest BCUT2D eigenvalue weighted by Crippen LogP contribution is -2.29. The number of hydrogen-bond donors (Lipinski definition) is 3. The number of anilines is 2. The van der Waals surface area contributed by atoms with E-state index in [2.05, 4.69) is 38.1 Å². The number of hydrogen-bond acceptors (Lipinski definition) is 4. The number of amides is 1. The molecule has 1 aliphatic rings. The maximum absolute atomic E-state index is 12.3. The molecule has 0 radical (unpaired) electrons. The fourth-order valence-corrected chi connectivity index (χ4v) is 5.75. The first-order valence-corrected chi connectivity index (χ1v) is 13.9. The molecule has 3 N–H and O–H groups in total. The van der Waals surface area contributed by atoms with Gasteiger partial charge >= 0.3 is 5.97 Å². The van der Waals surface area contributed by atoms with Crippen LogP contribution in [0.2, 0.25) is 0 Å². The van der Waals surface area contributed by atoms with Crippen molar-refractivity contribution in [1.29, 1.82) is 0 Å². The third-order valence-corrected chi connectivity index (χ3v) is 7.84. The largest absolute Gasteiger partial charge is 0.478 e. The van der Waals surface area contributed by atoms with Crippen molar-refractivity contribution in [1.82, 2.24) is 14.9 Å². The summed E-state index contributed by atoms with van der Waals surface area (Å²) in [5.74, 6) is -1.11.